The molecule has 0 radical (unpaired) electrons. The van der Waals surface area contributed by atoms with Gasteiger partial charge in [-0.15, -0.1) is 0 Å². The van der Waals surface area contributed by atoms with Gasteiger partial charge >= 0.3 is 0 Å². The highest BCUT2D eigenvalue weighted by atomic mass is 15.4. The fraction of sp³-hybridized carbons (Fsp3) is 0.133. The molecule has 4 heterocycles. The lowest BCUT2D eigenvalue weighted by Gasteiger charge is -2.24. The number of nitrogens with zero attached hydrogens (tertiary/aromatic N) is 4. The maximum Gasteiger partial charge on any atom is 0.221 e. The van der Waals surface area contributed by atoms with Crippen molar-refractivity contribution in [3.63, 3.8) is 0 Å². The second kappa shape index (κ2) is 4.31. The molecule has 0 amide bonds. The molecule has 0 aromatic carbocycles. The number of rotatable bonds is 1. The van der Waals surface area contributed by atoms with Crippen molar-refractivity contribution in [2.75, 3.05) is 5.73 Å². The van der Waals surface area contributed by atoms with Gasteiger partial charge in [-0.05, 0) is 17.7 Å². The minimum absolute atomic E-state index is 0.272. The van der Waals surface area contributed by atoms with Crippen molar-refractivity contribution in [3.8, 4) is 0 Å². The number of nitrogens with one attached hydrogen (secondary N) is 1. The Morgan fingerprint density at radius 3 is 3.19 bits per heavy atom. The van der Waals surface area contributed by atoms with Crippen LogP contribution >= 0.6 is 0 Å². The fourth-order valence-corrected chi connectivity index (χ4v) is 2.56. The number of H-pyrrole nitrogens is 1. The van der Waals surface area contributed by atoms with Crippen molar-refractivity contribution in [1.82, 2.24) is 20.0 Å². The Balaban J connectivity index is 1.81. The topological polar surface area (TPSA) is 83.2 Å². The first-order chi connectivity index (χ1) is 10.2. The van der Waals surface area contributed by atoms with Gasteiger partial charge in [0.15, 0.2) is 0 Å². The van der Waals surface area contributed by atoms with Gasteiger partial charge in [-0.25, -0.2) is 9.99 Å². The second-order valence-electron chi connectivity index (χ2n) is 5.17. The molecule has 2 aromatic heterocycles. The molecule has 0 saturated carbocycles. The van der Waals surface area contributed by atoms with Gasteiger partial charge in [0.1, 0.15) is 5.65 Å². The lowest BCUT2D eigenvalue weighted by atomic mass is 10.0. The third-order valence-corrected chi connectivity index (χ3v) is 3.58. The average Bonchev–Trinajstić information content (AvgIpc) is 2.89. The van der Waals surface area contributed by atoms with E-state index in [2.05, 4.69) is 39.1 Å². The number of hydrogen-bond donors (Lipinski definition) is 2. The van der Waals surface area contributed by atoms with Crippen LogP contribution in [0.1, 0.15) is 12.5 Å². The van der Waals surface area contributed by atoms with Gasteiger partial charge < -0.3 is 10.7 Å². The summed E-state index contributed by atoms with van der Waals surface area (Å²) >= 11 is 0. The van der Waals surface area contributed by atoms with Gasteiger partial charge in [-0.2, -0.15) is 10.1 Å². The summed E-state index contributed by atoms with van der Waals surface area (Å²) < 4.78 is 0. The minimum Gasteiger partial charge on any atom is -0.368 e. The van der Waals surface area contributed by atoms with Gasteiger partial charge in [0.05, 0.1) is 5.70 Å². The Hall–Kier alpha value is -2.89. The molecule has 1 atom stereocenters. The van der Waals surface area contributed by atoms with E-state index in [1.165, 1.54) is 0 Å². The number of aromatic nitrogens is 3. The number of nitrogens with two attached hydrogens (primary N) is 1. The summed E-state index contributed by atoms with van der Waals surface area (Å²) in [6.45, 7) is 2.11. The van der Waals surface area contributed by atoms with Crippen molar-refractivity contribution in [1.29, 1.82) is 0 Å². The summed E-state index contributed by atoms with van der Waals surface area (Å²) in [6, 6.07) is 0. The first kappa shape index (κ1) is 11.9. The molecule has 6 heteroatoms. The Morgan fingerprint density at radius 2 is 2.29 bits per heavy atom. The maximum atomic E-state index is 5.61. The van der Waals surface area contributed by atoms with Crippen LogP contribution in [0.2, 0.25) is 0 Å². The van der Waals surface area contributed by atoms with Crippen LogP contribution in [0.3, 0.4) is 0 Å². The molecule has 0 saturated heterocycles. The van der Waals surface area contributed by atoms with Crippen molar-refractivity contribution >= 4 is 28.8 Å². The summed E-state index contributed by atoms with van der Waals surface area (Å²) in [7, 11) is 0. The number of aromatic amines is 1. The first-order valence-corrected chi connectivity index (χ1v) is 6.76. The Bertz CT molecular complexity index is 839. The zero-order chi connectivity index (χ0) is 14.4. The highest BCUT2D eigenvalue weighted by Gasteiger charge is 2.17. The molecule has 21 heavy (non-hydrogen) atoms. The predicted molar refractivity (Wildman–Crippen MR) is 83.0 cm³/mol. The molecule has 2 aliphatic heterocycles. The number of allylic oxidation sites excluding steroid dienone is 4. The van der Waals surface area contributed by atoms with Gasteiger partial charge in [0, 0.05) is 41.7 Å². The zero-order valence-corrected chi connectivity index (χ0v) is 11.5. The molecule has 2 aliphatic rings. The van der Waals surface area contributed by atoms with E-state index in [0.29, 0.717) is 5.92 Å². The number of nitrogen functional groups attached to an aromatic ring is 1. The molecule has 104 valence electrons. The van der Waals surface area contributed by atoms with E-state index in [0.717, 1.165) is 27.9 Å². The number of hydrogen-bond acceptors (Lipinski definition) is 5. The van der Waals surface area contributed by atoms with Crippen molar-refractivity contribution in [2.24, 2.45) is 11.0 Å². The van der Waals surface area contributed by atoms with Gasteiger partial charge in [0.2, 0.25) is 5.95 Å². The van der Waals surface area contributed by atoms with Gasteiger partial charge in [-0.1, -0.05) is 13.0 Å². The molecule has 6 nitrogen and oxygen atoms in total. The Morgan fingerprint density at radius 1 is 1.38 bits per heavy atom. The smallest absolute Gasteiger partial charge is 0.221 e. The maximum absolute atomic E-state index is 5.61. The quantitative estimate of drug-likeness (QED) is 0.838. The third-order valence-electron chi connectivity index (χ3n) is 3.58. The number of hydrazone groups is 1. The Labute approximate surface area is 121 Å². The molecule has 4 rings (SSSR count). The first-order valence-electron chi connectivity index (χ1n) is 6.76. The molecule has 0 unspecified atom stereocenters. The molecule has 0 spiro atoms. The predicted octanol–water partition coefficient (Wildman–Crippen LogP) is 2.27. The zero-order valence-electron chi connectivity index (χ0n) is 11.5. The van der Waals surface area contributed by atoms with E-state index >= 15 is 0 Å². The third kappa shape index (κ3) is 1.92. The lowest BCUT2D eigenvalue weighted by molar-refractivity contribution is 0.495. The summed E-state index contributed by atoms with van der Waals surface area (Å²) in [6.07, 6.45) is 13.9. The second-order valence-corrected chi connectivity index (χ2v) is 5.17. The minimum atomic E-state index is 0.272. The van der Waals surface area contributed by atoms with E-state index in [9.17, 15) is 0 Å². The van der Waals surface area contributed by atoms with E-state index in [1.54, 1.807) is 6.20 Å². The molecule has 2 aromatic rings. The summed E-state index contributed by atoms with van der Waals surface area (Å²) in [4.78, 5) is 11.4. The Kier molecular flexibility index (Phi) is 2.44. The van der Waals surface area contributed by atoms with E-state index in [1.807, 2.05) is 29.7 Å². The average molecular weight is 278 g/mol. The molecule has 3 N–H and O–H groups in total. The van der Waals surface area contributed by atoms with E-state index < -0.39 is 0 Å². The van der Waals surface area contributed by atoms with E-state index in [-0.39, 0.29) is 5.95 Å². The largest absolute Gasteiger partial charge is 0.368 e. The summed E-state index contributed by atoms with van der Waals surface area (Å²) in [5.74, 6) is 0.611. The van der Waals surface area contributed by atoms with Crippen LogP contribution in [-0.4, -0.2) is 26.2 Å². The normalized spacial score (nSPS) is 20.4. The van der Waals surface area contributed by atoms with Crippen LogP contribution in [0.15, 0.2) is 47.6 Å². The van der Waals surface area contributed by atoms with Gasteiger partial charge in [-0.3, -0.25) is 0 Å². The van der Waals surface area contributed by atoms with Crippen LogP contribution in [0.4, 0.5) is 5.95 Å². The highest BCUT2D eigenvalue weighted by molar-refractivity contribution is 5.94. The molecular weight excluding hydrogens is 264 g/mol. The standard InChI is InChI=1S/C15H14N6/c1-9-4-11-5-10(2-3-21(11)19-6-9)12-7-17-14-13(12)8-18-15(16)20-14/h2-9H,1H3,(H3,16,17,18,20)/t9-/m0/s1. The monoisotopic (exact) mass is 278 g/mol. The summed E-state index contributed by atoms with van der Waals surface area (Å²) in [5, 5.41) is 7.21. The van der Waals surface area contributed by atoms with Crippen LogP contribution in [0, 0.1) is 5.92 Å². The lowest BCUT2D eigenvalue weighted by Crippen LogP contribution is -2.17. The van der Waals surface area contributed by atoms with Gasteiger partial charge in [0.25, 0.3) is 0 Å². The van der Waals surface area contributed by atoms with Crippen molar-refractivity contribution < 1.29 is 0 Å². The molecule has 0 aliphatic carbocycles. The summed E-state index contributed by atoms with van der Waals surface area (Å²) in [5.41, 5.74) is 9.60. The van der Waals surface area contributed by atoms with Crippen LogP contribution in [-0.2, 0) is 0 Å². The molecular formula is C15H14N6. The molecule has 0 bridgehead atoms. The van der Waals surface area contributed by atoms with Crippen LogP contribution in [0.5, 0.6) is 0 Å². The molecule has 0 fully saturated rings. The highest BCUT2D eigenvalue weighted by Crippen LogP contribution is 2.31. The fourth-order valence-electron chi connectivity index (χ4n) is 2.56. The van der Waals surface area contributed by atoms with Crippen molar-refractivity contribution in [2.45, 2.75) is 6.92 Å². The van der Waals surface area contributed by atoms with Crippen molar-refractivity contribution in [3.05, 3.63) is 48.1 Å². The van der Waals surface area contributed by atoms with Crippen LogP contribution in [0.25, 0.3) is 16.6 Å². The number of anilines is 1. The number of fused-ring (bicyclic) bond motifs is 2. The van der Waals surface area contributed by atoms with E-state index in [4.69, 9.17) is 5.73 Å². The van der Waals surface area contributed by atoms with Crippen LogP contribution < -0.4 is 5.73 Å². The SMILES string of the molecule is C[C@@H]1C=NN2C=CC(c3c[nH]c4nc(N)ncc34)=CC2=C1.